The molecule has 0 aliphatic carbocycles. The highest BCUT2D eigenvalue weighted by Gasteiger charge is 2.06. The van der Waals surface area contributed by atoms with Crippen LogP contribution in [0.15, 0.2) is 16.9 Å². The lowest BCUT2D eigenvalue weighted by molar-refractivity contribution is 0.702. The molecule has 1 heterocycles. The smallest absolute Gasteiger partial charge is 0.254 e. The van der Waals surface area contributed by atoms with Crippen LogP contribution in [0.5, 0.6) is 0 Å². The third kappa shape index (κ3) is 2.02. The Labute approximate surface area is 86.7 Å². The number of halogens is 1. The van der Waals surface area contributed by atoms with Gasteiger partial charge in [0.15, 0.2) is 0 Å². The minimum atomic E-state index is 0.100. The molecule has 0 atom stereocenters. The fourth-order valence-electron chi connectivity index (χ4n) is 1.38. The molecule has 1 rings (SSSR count). The van der Waals surface area contributed by atoms with Gasteiger partial charge in [0.05, 0.1) is 0 Å². The van der Waals surface area contributed by atoms with E-state index in [0.717, 1.165) is 11.3 Å². The summed E-state index contributed by atoms with van der Waals surface area (Å²) in [5, 5.41) is 0.623. The molecule has 0 fully saturated rings. The van der Waals surface area contributed by atoms with Gasteiger partial charge < -0.3 is 4.57 Å². The minimum absolute atomic E-state index is 0.100. The van der Waals surface area contributed by atoms with Crippen LogP contribution >= 0.6 is 15.9 Å². The van der Waals surface area contributed by atoms with Crippen LogP contribution < -0.4 is 5.56 Å². The molecule has 0 amide bonds. The second-order valence-corrected chi connectivity index (χ2v) is 4.00. The van der Waals surface area contributed by atoms with Crippen LogP contribution in [-0.2, 0) is 12.4 Å². The van der Waals surface area contributed by atoms with Crippen molar-refractivity contribution in [2.24, 2.45) is 7.05 Å². The molecule has 72 valence electrons. The maximum atomic E-state index is 11.7. The van der Waals surface area contributed by atoms with Crippen molar-refractivity contribution in [1.29, 1.82) is 0 Å². The first-order valence-electron chi connectivity index (χ1n) is 4.32. The van der Waals surface area contributed by atoms with E-state index in [-0.39, 0.29) is 5.56 Å². The lowest BCUT2D eigenvalue weighted by Crippen LogP contribution is -2.23. The van der Waals surface area contributed by atoms with Gasteiger partial charge in [-0.1, -0.05) is 35.8 Å². The van der Waals surface area contributed by atoms with E-state index in [1.807, 2.05) is 19.2 Å². The summed E-state index contributed by atoms with van der Waals surface area (Å²) in [4.78, 5) is 11.7. The highest BCUT2D eigenvalue weighted by Crippen LogP contribution is 2.12. The third-order valence-corrected chi connectivity index (χ3v) is 2.76. The molecule has 0 aliphatic rings. The van der Waals surface area contributed by atoms with Crippen LogP contribution in [0.3, 0.4) is 0 Å². The summed E-state index contributed by atoms with van der Waals surface area (Å²) < 4.78 is 1.72. The largest absolute Gasteiger partial charge is 0.315 e. The monoisotopic (exact) mass is 243 g/mol. The van der Waals surface area contributed by atoms with E-state index in [0.29, 0.717) is 11.2 Å². The molecule has 0 unspecified atom stereocenters. The minimum Gasteiger partial charge on any atom is -0.315 e. The Hall–Kier alpha value is -0.570. The summed E-state index contributed by atoms with van der Waals surface area (Å²) in [7, 11) is 1.82. The number of pyridine rings is 1. The van der Waals surface area contributed by atoms with Gasteiger partial charge in [-0.3, -0.25) is 4.79 Å². The first-order valence-corrected chi connectivity index (χ1v) is 5.44. The molecule has 1 aromatic rings. The zero-order valence-corrected chi connectivity index (χ0v) is 9.76. The summed E-state index contributed by atoms with van der Waals surface area (Å²) >= 11 is 3.29. The van der Waals surface area contributed by atoms with Crippen LogP contribution in [0.25, 0.3) is 0 Å². The molecular weight excluding hydrogens is 230 g/mol. The SMILES string of the molecule is CC(C)c1ccc(CBr)c(=O)n1C. The van der Waals surface area contributed by atoms with Crippen molar-refractivity contribution < 1.29 is 0 Å². The number of rotatable bonds is 2. The second kappa shape index (κ2) is 4.09. The quantitative estimate of drug-likeness (QED) is 0.732. The van der Waals surface area contributed by atoms with Crippen LogP contribution in [0.1, 0.15) is 31.0 Å². The van der Waals surface area contributed by atoms with E-state index in [4.69, 9.17) is 0 Å². The van der Waals surface area contributed by atoms with E-state index in [1.54, 1.807) is 4.57 Å². The lowest BCUT2D eigenvalue weighted by Gasteiger charge is -2.11. The molecule has 0 saturated carbocycles. The molecule has 0 spiro atoms. The second-order valence-electron chi connectivity index (χ2n) is 3.44. The van der Waals surface area contributed by atoms with Gasteiger partial charge in [0.2, 0.25) is 0 Å². The Kier molecular flexibility index (Phi) is 3.31. The maximum absolute atomic E-state index is 11.7. The van der Waals surface area contributed by atoms with Crippen molar-refractivity contribution in [2.75, 3.05) is 0 Å². The fraction of sp³-hybridized carbons (Fsp3) is 0.500. The van der Waals surface area contributed by atoms with Crippen molar-refractivity contribution in [3.8, 4) is 0 Å². The van der Waals surface area contributed by atoms with Gasteiger partial charge in [-0.25, -0.2) is 0 Å². The van der Waals surface area contributed by atoms with Crippen LogP contribution in [0.2, 0.25) is 0 Å². The molecule has 2 nitrogen and oxygen atoms in total. The number of aromatic nitrogens is 1. The zero-order valence-electron chi connectivity index (χ0n) is 8.17. The van der Waals surface area contributed by atoms with E-state index >= 15 is 0 Å². The molecular formula is C10H14BrNO. The molecule has 1 aromatic heterocycles. The van der Waals surface area contributed by atoms with E-state index in [1.165, 1.54) is 0 Å². The molecule has 0 bridgehead atoms. The van der Waals surface area contributed by atoms with Crippen LogP contribution in [0.4, 0.5) is 0 Å². The number of nitrogens with zero attached hydrogens (tertiary/aromatic N) is 1. The highest BCUT2D eigenvalue weighted by molar-refractivity contribution is 9.08. The highest BCUT2D eigenvalue weighted by atomic mass is 79.9. The lowest BCUT2D eigenvalue weighted by atomic mass is 10.1. The van der Waals surface area contributed by atoms with Gasteiger partial charge in [0.25, 0.3) is 5.56 Å². The van der Waals surface area contributed by atoms with Crippen molar-refractivity contribution >= 4 is 15.9 Å². The average Bonchev–Trinajstić information content (AvgIpc) is 2.09. The topological polar surface area (TPSA) is 22.0 Å². The maximum Gasteiger partial charge on any atom is 0.254 e. The third-order valence-electron chi connectivity index (χ3n) is 2.16. The van der Waals surface area contributed by atoms with Crippen LogP contribution in [-0.4, -0.2) is 4.57 Å². The number of alkyl halides is 1. The zero-order chi connectivity index (χ0) is 10.0. The summed E-state index contributed by atoms with van der Waals surface area (Å²) in [5.74, 6) is 0.391. The van der Waals surface area contributed by atoms with Gasteiger partial charge in [0, 0.05) is 23.6 Å². The fourth-order valence-corrected chi connectivity index (χ4v) is 1.81. The van der Waals surface area contributed by atoms with Crippen molar-refractivity contribution in [2.45, 2.75) is 25.1 Å². The summed E-state index contributed by atoms with van der Waals surface area (Å²) in [5.41, 5.74) is 1.99. The van der Waals surface area contributed by atoms with Crippen molar-refractivity contribution in [1.82, 2.24) is 4.57 Å². The molecule has 0 radical (unpaired) electrons. The predicted octanol–water partition coefficient (Wildman–Crippen LogP) is 2.40. The average molecular weight is 244 g/mol. The molecule has 0 N–H and O–H groups in total. The number of hydrogen-bond acceptors (Lipinski definition) is 1. The van der Waals surface area contributed by atoms with Crippen LogP contribution in [0, 0.1) is 0 Å². The predicted molar refractivity (Wildman–Crippen MR) is 58.4 cm³/mol. The normalized spacial score (nSPS) is 10.8. The Morgan fingerprint density at radius 3 is 2.54 bits per heavy atom. The van der Waals surface area contributed by atoms with Crippen molar-refractivity contribution in [3.05, 3.63) is 33.7 Å². The molecule has 0 aliphatic heterocycles. The Balaban J connectivity index is 3.32. The molecule has 0 aromatic carbocycles. The Morgan fingerprint density at radius 1 is 1.46 bits per heavy atom. The van der Waals surface area contributed by atoms with E-state index in [2.05, 4.69) is 29.8 Å². The number of hydrogen-bond donors (Lipinski definition) is 0. The molecule has 0 saturated heterocycles. The molecule has 3 heteroatoms. The van der Waals surface area contributed by atoms with E-state index < -0.39 is 0 Å². The summed E-state index contributed by atoms with van der Waals surface area (Å²) in [6.07, 6.45) is 0. The molecule has 13 heavy (non-hydrogen) atoms. The summed E-state index contributed by atoms with van der Waals surface area (Å²) in [6.45, 7) is 4.17. The first-order chi connectivity index (χ1) is 6.07. The van der Waals surface area contributed by atoms with E-state index in [9.17, 15) is 4.79 Å². The van der Waals surface area contributed by atoms with Gasteiger partial charge in [-0.15, -0.1) is 0 Å². The summed E-state index contributed by atoms with van der Waals surface area (Å²) in [6, 6.07) is 3.91. The van der Waals surface area contributed by atoms with Gasteiger partial charge >= 0.3 is 0 Å². The first kappa shape index (κ1) is 10.5. The standard InChI is InChI=1S/C10H14BrNO/c1-7(2)9-5-4-8(6-11)10(13)12(9)3/h4-5,7H,6H2,1-3H3. The van der Waals surface area contributed by atoms with Gasteiger partial charge in [0.1, 0.15) is 0 Å². The van der Waals surface area contributed by atoms with Crippen molar-refractivity contribution in [3.63, 3.8) is 0 Å². The van der Waals surface area contributed by atoms with Gasteiger partial charge in [-0.2, -0.15) is 0 Å². The Bertz CT molecular complexity index is 354. The Morgan fingerprint density at radius 2 is 2.08 bits per heavy atom. The van der Waals surface area contributed by atoms with Gasteiger partial charge in [-0.05, 0) is 12.0 Å².